The van der Waals surface area contributed by atoms with E-state index in [2.05, 4.69) is 5.32 Å². The van der Waals surface area contributed by atoms with Crippen LogP contribution < -0.4 is 19.1 Å². The van der Waals surface area contributed by atoms with Crippen molar-refractivity contribution in [2.45, 2.75) is 64.4 Å². The number of hydrogen-bond acceptors (Lipinski definition) is 6. The van der Waals surface area contributed by atoms with Gasteiger partial charge in [0.1, 0.15) is 18.4 Å². The number of halogens is 1. The minimum atomic E-state index is -4.32. The Kier molecular flexibility index (Phi) is 12.2. The number of amides is 2. The van der Waals surface area contributed by atoms with Crippen molar-refractivity contribution in [3.63, 3.8) is 0 Å². The number of carbonyl (C=O) groups excluding carboxylic acids is 2. The summed E-state index contributed by atoms with van der Waals surface area (Å²) in [6.07, 6.45) is 1.95. The Morgan fingerprint density at radius 1 is 0.909 bits per heavy atom. The topological polar surface area (TPSA) is 105 Å². The summed E-state index contributed by atoms with van der Waals surface area (Å²) < 4.78 is 53.9. The molecule has 1 atom stereocenters. The van der Waals surface area contributed by atoms with E-state index in [0.717, 1.165) is 28.3 Å². The number of rotatable bonds is 15. The summed E-state index contributed by atoms with van der Waals surface area (Å²) in [4.78, 5) is 28.8. The van der Waals surface area contributed by atoms with Crippen molar-refractivity contribution < 1.29 is 31.9 Å². The van der Waals surface area contributed by atoms with Gasteiger partial charge >= 0.3 is 0 Å². The molecule has 0 aromatic heterocycles. The molecule has 0 saturated heterocycles. The highest BCUT2D eigenvalue weighted by atomic mass is 32.2. The Hall–Kier alpha value is -4.12. The lowest BCUT2D eigenvalue weighted by molar-refractivity contribution is -0.140. The van der Waals surface area contributed by atoms with E-state index in [4.69, 9.17) is 9.47 Å². The Balaban J connectivity index is 2.11. The molecule has 0 heterocycles. The minimum Gasteiger partial charge on any atom is -0.493 e. The van der Waals surface area contributed by atoms with Crippen molar-refractivity contribution in [3.05, 3.63) is 83.2 Å². The Morgan fingerprint density at radius 3 is 2.11 bits per heavy atom. The Morgan fingerprint density at radius 2 is 1.55 bits per heavy atom. The molecule has 0 aliphatic heterocycles. The van der Waals surface area contributed by atoms with Crippen LogP contribution in [0, 0.1) is 19.7 Å². The summed E-state index contributed by atoms with van der Waals surface area (Å²) in [6, 6.07) is 14.3. The monoisotopic (exact) mass is 627 g/mol. The number of anilines is 1. The van der Waals surface area contributed by atoms with E-state index in [-0.39, 0.29) is 29.5 Å². The molecule has 0 unspecified atom stereocenters. The van der Waals surface area contributed by atoms with Gasteiger partial charge in [0.05, 0.1) is 24.8 Å². The van der Waals surface area contributed by atoms with Crippen molar-refractivity contribution in [1.29, 1.82) is 0 Å². The lowest BCUT2D eigenvalue weighted by Crippen LogP contribution is -2.52. The maximum Gasteiger partial charge on any atom is 0.264 e. The molecule has 3 aromatic carbocycles. The molecule has 0 spiro atoms. The first-order valence-corrected chi connectivity index (χ1v) is 16.0. The highest BCUT2D eigenvalue weighted by Crippen LogP contribution is 2.33. The molecule has 1 N–H and O–H groups in total. The van der Waals surface area contributed by atoms with Gasteiger partial charge in [-0.15, -0.1) is 0 Å². The van der Waals surface area contributed by atoms with Crippen molar-refractivity contribution in [2.75, 3.05) is 31.6 Å². The van der Waals surface area contributed by atoms with Gasteiger partial charge in [0.2, 0.25) is 11.8 Å². The number of methoxy groups -OCH3 is 2. The van der Waals surface area contributed by atoms with Gasteiger partial charge in [-0.05, 0) is 79.8 Å². The molecule has 9 nitrogen and oxygen atoms in total. The fourth-order valence-electron chi connectivity index (χ4n) is 4.94. The second-order valence-electron chi connectivity index (χ2n) is 10.6. The lowest BCUT2D eigenvalue weighted by Gasteiger charge is -2.33. The van der Waals surface area contributed by atoms with E-state index in [1.54, 1.807) is 31.2 Å². The van der Waals surface area contributed by atoms with Crippen LogP contribution in [-0.2, 0) is 26.2 Å². The molecule has 3 aromatic rings. The number of sulfonamides is 1. The van der Waals surface area contributed by atoms with Crippen LogP contribution in [-0.4, -0.2) is 58.5 Å². The Labute approximate surface area is 260 Å². The van der Waals surface area contributed by atoms with Gasteiger partial charge in [0.25, 0.3) is 10.0 Å². The minimum absolute atomic E-state index is 0.0179. The third-order valence-corrected chi connectivity index (χ3v) is 8.97. The number of unbranched alkanes of at least 4 members (excludes halogenated alkanes) is 1. The first-order valence-electron chi connectivity index (χ1n) is 14.6. The summed E-state index contributed by atoms with van der Waals surface area (Å²) in [7, 11) is -1.47. The van der Waals surface area contributed by atoms with Gasteiger partial charge in [0, 0.05) is 19.2 Å². The van der Waals surface area contributed by atoms with E-state index >= 15 is 0 Å². The predicted molar refractivity (Wildman–Crippen MR) is 169 cm³/mol. The standard InChI is InChI=1S/C33H42FN3O6S/c1-7-9-16-35-33(39)29(8-2)36(21-25-10-12-26(34)13-11-25)32(38)22-37(27-18-23(3)17-24(4)19-27)44(40,41)28-14-15-30(42-5)31(20-28)43-6/h10-15,17-20,29H,7-9,16,21-22H2,1-6H3,(H,35,39)/t29-/m1/s1. The SMILES string of the molecule is CCCCNC(=O)[C@@H](CC)N(Cc1ccc(F)cc1)C(=O)CN(c1cc(C)cc(C)c1)S(=O)(=O)c1ccc(OC)c(OC)c1. The fraction of sp³-hybridized carbons (Fsp3) is 0.394. The smallest absolute Gasteiger partial charge is 0.264 e. The average Bonchev–Trinajstić information content (AvgIpc) is 2.99. The Bertz CT molecular complexity index is 1530. The number of benzene rings is 3. The molecule has 2 amide bonds. The summed E-state index contributed by atoms with van der Waals surface area (Å²) in [5.74, 6) is -0.788. The molecular weight excluding hydrogens is 585 g/mol. The van der Waals surface area contributed by atoms with Gasteiger partial charge in [-0.1, -0.05) is 38.5 Å². The van der Waals surface area contributed by atoms with Crippen molar-refractivity contribution in [3.8, 4) is 11.5 Å². The fourth-order valence-corrected chi connectivity index (χ4v) is 6.35. The van der Waals surface area contributed by atoms with Crippen molar-refractivity contribution >= 4 is 27.5 Å². The predicted octanol–water partition coefficient (Wildman–Crippen LogP) is 5.38. The molecule has 0 fully saturated rings. The molecule has 0 radical (unpaired) electrons. The summed E-state index contributed by atoms with van der Waals surface area (Å²) in [5, 5.41) is 2.89. The molecule has 44 heavy (non-hydrogen) atoms. The van der Waals surface area contributed by atoms with Gasteiger partial charge in [-0.25, -0.2) is 12.8 Å². The van der Waals surface area contributed by atoms with Crippen LogP contribution in [0.25, 0.3) is 0 Å². The normalized spacial score (nSPS) is 11.9. The average molecular weight is 628 g/mol. The van der Waals surface area contributed by atoms with Gasteiger partial charge < -0.3 is 19.7 Å². The molecule has 11 heteroatoms. The van der Waals surface area contributed by atoms with E-state index in [0.29, 0.717) is 23.5 Å². The molecule has 0 aliphatic carbocycles. The third-order valence-electron chi connectivity index (χ3n) is 7.20. The van der Waals surface area contributed by atoms with Crippen LogP contribution >= 0.6 is 0 Å². The maximum absolute atomic E-state index is 14.3. The largest absolute Gasteiger partial charge is 0.493 e. The third kappa shape index (κ3) is 8.49. The lowest BCUT2D eigenvalue weighted by atomic mass is 10.1. The molecular formula is C33H42FN3O6S. The first kappa shape index (κ1) is 34.4. The molecule has 0 saturated carbocycles. The number of nitrogens with zero attached hydrogens (tertiary/aromatic N) is 2. The summed E-state index contributed by atoms with van der Waals surface area (Å²) >= 11 is 0. The van der Waals surface area contributed by atoms with Crippen LogP contribution in [0.3, 0.4) is 0 Å². The zero-order valence-electron chi connectivity index (χ0n) is 26.2. The quantitative estimate of drug-likeness (QED) is 0.227. The van der Waals surface area contributed by atoms with Crippen LogP contribution in [0.1, 0.15) is 49.8 Å². The molecule has 238 valence electrons. The van der Waals surface area contributed by atoms with Crippen LogP contribution in [0.2, 0.25) is 0 Å². The zero-order chi connectivity index (χ0) is 32.4. The van der Waals surface area contributed by atoms with E-state index in [9.17, 15) is 22.4 Å². The summed E-state index contributed by atoms with van der Waals surface area (Å²) in [5.41, 5.74) is 2.52. The van der Waals surface area contributed by atoms with Crippen LogP contribution in [0.5, 0.6) is 11.5 Å². The van der Waals surface area contributed by atoms with Crippen LogP contribution in [0.4, 0.5) is 10.1 Å². The van der Waals surface area contributed by atoms with Gasteiger partial charge in [-0.2, -0.15) is 0 Å². The van der Waals surface area contributed by atoms with Crippen LogP contribution in [0.15, 0.2) is 65.6 Å². The number of aryl methyl sites for hydroxylation is 2. The second kappa shape index (κ2) is 15.6. The highest BCUT2D eigenvalue weighted by Gasteiger charge is 2.34. The molecule has 0 aliphatic rings. The number of ether oxygens (including phenoxy) is 2. The molecule has 0 bridgehead atoms. The number of carbonyl (C=O) groups is 2. The van der Waals surface area contributed by atoms with E-state index in [1.807, 2.05) is 26.8 Å². The van der Waals surface area contributed by atoms with Crippen molar-refractivity contribution in [2.24, 2.45) is 0 Å². The van der Waals surface area contributed by atoms with Gasteiger partial charge in [0.15, 0.2) is 11.5 Å². The van der Waals surface area contributed by atoms with E-state index < -0.39 is 34.3 Å². The highest BCUT2D eigenvalue weighted by molar-refractivity contribution is 7.92. The number of nitrogens with one attached hydrogen (secondary N) is 1. The molecule has 3 rings (SSSR count). The first-order chi connectivity index (χ1) is 20.9. The van der Waals surface area contributed by atoms with Gasteiger partial charge in [-0.3, -0.25) is 13.9 Å². The summed E-state index contributed by atoms with van der Waals surface area (Å²) in [6.45, 7) is 7.33. The maximum atomic E-state index is 14.3. The zero-order valence-corrected chi connectivity index (χ0v) is 27.0. The number of hydrogen-bond donors (Lipinski definition) is 1. The van der Waals surface area contributed by atoms with E-state index in [1.165, 1.54) is 49.5 Å². The van der Waals surface area contributed by atoms with Crippen molar-refractivity contribution in [1.82, 2.24) is 10.2 Å². The second-order valence-corrected chi connectivity index (χ2v) is 12.5.